The third-order valence-corrected chi connectivity index (χ3v) is 6.58. The number of benzene rings is 2. The van der Waals surface area contributed by atoms with Crippen molar-refractivity contribution in [2.45, 2.75) is 5.92 Å². The van der Waals surface area contributed by atoms with Crippen LogP contribution in [0.2, 0.25) is 0 Å². The van der Waals surface area contributed by atoms with Gasteiger partial charge in [0.1, 0.15) is 25.7 Å². The minimum atomic E-state index is -0.504. The van der Waals surface area contributed by atoms with Crippen LogP contribution in [0.1, 0.15) is 33.0 Å². The highest BCUT2D eigenvalue weighted by Gasteiger charge is 2.52. The van der Waals surface area contributed by atoms with Crippen molar-refractivity contribution >= 4 is 39.9 Å². The van der Waals surface area contributed by atoms with Crippen molar-refractivity contribution in [2.75, 3.05) is 0 Å². The van der Waals surface area contributed by atoms with E-state index in [1.807, 2.05) is 48.5 Å². The third kappa shape index (κ3) is 2.46. The molecule has 1 aromatic heterocycles. The number of hydrogen-bond donors (Lipinski definition) is 2. The Hall–Kier alpha value is -2.81. The Bertz CT molecular complexity index is 1310. The SMILES string of the molecule is Cn1c(O)[n+](C)c2c(c1=O)C(c1cccc(I)c1)C1C(=O)c3ccccc3C1=[NH+]2. The number of aromatic nitrogens is 2. The fourth-order valence-electron chi connectivity index (χ4n) is 4.53. The van der Waals surface area contributed by atoms with E-state index in [1.54, 1.807) is 11.6 Å². The van der Waals surface area contributed by atoms with E-state index in [0.717, 1.165) is 20.4 Å². The van der Waals surface area contributed by atoms with Gasteiger partial charge in [-0.3, -0.25) is 4.79 Å². The van der Waals surface area contributed by atoms with E-state index in [1.165, 1.54) is 11.6 Å². The summed E-state index contributed by atoms with van der Waals surface area (Å²) in [5.41, 5.74) is 3.38. The standard InChI is InChI=1S/C22H16IN3O3/c1-25-20-17(21(28)26(2)22(25)29)15(11-6-5-7-12(23)10-11)16-18(24-20)13-8-3-4-9-14(13)19(16)27/h3-10,15-16H,1-2H3/p+2. The molecule has 0 radical (unpaired) electrons. The second kappa shape index (κ2) is 6.35. The smallest absolute Gasteiger partial charge is 0.434 e. The largest absolute Gasteiger partial charge is 0.519 e. The van der Waals surface area contributed by atoms with Gasteiger partial charge < -0.3 is 5.11 Å². The lowest BCUT2D eigenvalue weighted by molar-refractivity contribution is -0.724. The number of aromatic hydroxyl groups is 1. The third-order valence-electron chi connectivity index (χ3n) is 5.91. The van der Waals surface area contributed by atoms with Gasteiger partial charge in [0.25, 0.3) is 0 Å². The monoisotopic (exact) mass is 499 g/mol. The molecule has 0 fully saturated rings. The van der Waals surface area contributed by atoms with Gasteiger partial charge in [0.05, 0.1) is 0 Å². The zero-order chi connectivity index (χ0) is 20.4. The maximum atomic E-state index is 13.4. The van der Waals surface area contributed by atoms with Gasteiger partial charge in [0.15, 0.2) is 11.3 Å². The summed E-state index contributed by atoms with van der Waals surface area (Å²) < 4.78 is 3.82. The lowest BCUT2D eigenvalue weighted by atomic mass is 9.76. The molecule has 2 atom stereocenters. The van der Waals surface area contributed by atoms with E-state index in [2.05, 4.69) is 27.6 Å². The maximum Gasteiger partial charge on any atom is 0.519 e. The average molecular weight is 499 g/mol. The van der Waals surface area contributed by atoms with Crippen LogP contribution in [-0.4, -0.2) is 21.2 Å². The van der Waals surface area contributed by atoms with Crippen molar-refractivity contribution in [3.05, 3.63) is 84.7 Å². The number of ketones is 1. The molecule has 7 heteroatoms. The van der Waals surface area contributed by atoms with Crippen molar-refractivity contribution in [3.63, 3.8) is 0 Å². The van der Waals surface area contributed by atoms with Gasteiger partial charge >= 0.3 is 17.4 Å². The second-order valence-corrected chi connectivity index (χ2v) is 8.69. The number of Topliss-reactive ketones (excluding diaryl/α,β-unsaturated/α-hetero) is 1. The van der Waals surface area contributed by atoms with Crippen LogP contribution < -0.4 is 15.1 Å². The number of hydrogen-bond acceptors (Lipinski definition) is 3. The molecule has 144 valence electrons. The quantitative estimate of drug-likeness (QED) is 0.382. The van der Waals surface area contributed by atoms with Crippen molar-refractivity contribution in [1.29, 1.82) is 0 Å². The predicted molar refractivity (Wildman–Crippen MR) is 115 cm³/mol. The number of carbonyl (C=O) groups is 1. The van der Waals surface area contributed by atoms with Crippen molar-refractivity contribution < 1.29 is 19.5 Å². The number of halogens is 1. The van der Waals surface area contributed by atoms with Crippen LogP contribution in [0.25, 0.3) is 0 Å². The van der Waals surface area contributed by atoms with Crippen LogP contribution in [0, 0.1) is 9.49 Å². The number of fused-ring (bicyclic) bond motifs is 4. The summed E-state index contributed by atoms with van der Waals surface area (Å²) in [6, 6.07) is 15.3. The molecule has 6 nitrogen and oxygen atoms in total. The highest BCUT2D eigenvalue weighted by atomic mass is 127. The molecule has 5 rings (SSSR count). The van der Waals surface area contributed by atoms with Crippen LogP contribution in [0.5, 0.6) is 6.01 Å². The van der Waals surface area contributed by atoms with Crippen LogP contribution in [0.4, 0.5) is 5.82 Å². The van der Waals surface area contributed by atoms with Crippen molar-refractivity contribution in [1.82, 2.24) is 4.57 Å². The lowest BCUT2D eigenvalue weighted by Gasteiger charge is -2.24. The zero-order valence-electron chi connectivity index (χ0n) is 15.8. The van der Waals surface area contributed by atoms with Gasteiger partial charge in [0.2, 0.25) is 0 Å². The first kappa shape index (κ1) is 18.2. The predicted octanol–water partition coefficient (Wildman–Crippen LogP) is 0.679. The molecule has 0 spiro atoms. The highest BCUT2D eigenvalue weighted by molar-refractivity contribution is 14.1. The minimum absolute atomic E-state index is 0.00962. The lowest BCUT2D eigenvalue weighted by Crippen LogP contribution is -2.77. The molecule has 29 heavy (non-hydrogen) atoms. The van der Waals surface area contributed by atoms with E-state index in [4.69, 9.17) is 0 Å². The Morgan fingerprint density at radius 3 is 2.52 bits per heavy atom. The fraction of sp³-hybridized carbons (Fsp3) is 0.182. The van der Waals surface area contributed by atoms with Crippen LogP contribution >= 0.6 is 22.6 Å². The van der Waals surface area contributed by atoms with Crippen LogP contribution in [0.15, 0.2) is 53.3 Å². The average Bonchev–Trinajstić information content (AvgIpc) is 3.01. The zero-order valence-corrected chi connectivity index (χ0v) is 18.0. The molecule has 1 aliphatic carbocycles. The van der Waals surface area contributed by atoms with Crippen molar-refractivity contribution in [2.24, 2.45) is 20.0 Å². The van der Waals surface area contributed by atoms with E-state index >= 15 is 0 Å². The summed E-state index contributed by atoms with van der Waals surface area (Å²) in [6.07, 6.45) is 0. The number of nitrogens with zero attached hydrogens (tertiary/aromatic N) is 2. The van der Waals surface area contributed by atoms with Gasteiger partial charge in [-0.05, 0) is 46.4 Å². The molecule has 0 amide bonds. The van der Waals surface area contributed by atoms with Gasteiger partial charge in [-0.15, -0.1) is 9.13 Å². The fourth-order valence-corrected chi connectivity index (χ4v) is 5.09. The van der Waals surface area contributed by atoms with E-state index in [9.17, 15) is 14.7 Å². The number of nitrogens with one attached hydrogen (secondary N) is 1. The number of rotatable bonds is 1. The van der Waals surface area contributed by atoms with E-state index < -0.39 is 11.8 Å². The molecule has 0 saturated carbocycles. The first-order chi connectivity index (χ1) is 13.9. The summed E-state index contributed by atoms with van der Waals surface area (Å²) in [4.78, 5) is 30.0. The minimum Gasteiger partial charge on any atom is -0.434 e. The Morgan fingerprint density at radius 1 is 1.07 bits per heavy atom. The molecular formula is C22H18IN3O3+2. The van der Waals surface area contributed by atoms with Crippen LogP contribution in [-0.2, 0) is 14.1 Å². The molecule has 2 N–H and O–H groups in total. The van der Waals surface area contributed by atoms with E-state index in [-0.39, 0.29) is 17.4 Å². The second-order valence-electron chi connectivity index (χ2n) is 7.44. The molecule has 2 aliphatic rings. The number of carbonyl (C=O) groups excluding carboxylic acids is 1. The van der Waals surface area contributed by atoms with Gasteiger partial charge in [-0.2, -0.15) is 0 Å². The molecule has 2 heterocycles. The Kier molecular flexibility index (Phi) is 3.99. The maximum absolute atomic E-state index is 13.4. The Labute approximate surface area is 180 Å². The molecule has 2 aromatic carbocycles. The molecule has 1 aliphatic heterocycles. The molecular weight excluding hydrogens is 481 g/mol. The molecule has 0 saturated heterocycles. The topological polar surface area (TPSA) is 77.2 Å². The molecule has 2 unspecified atom stereocenters. The van der Waals surface area contributed by atoms with E-state index in [0.29, 0.717) is 16.9 Å². The molecule has 0 bridgehead atoms. The van der Waals surface area contributed by atoms with Crippen LogP contribution in [0.3, 0.4) is 0 Å². The van der Waals surface area contributed by atoms with Crippen molar-refractivity contribution in [3.8, 4) is 6.01 Å². The first-order valence-corrected chi connectivity index (χ1v) is 10.3. The highest BCUT2D eigenvalue weighted by Crippen LogP contribution is 2.42. The Morgan fingerprint density at radius 2 is 1.79 bits per heavy atom. The van der Waals surface area contributed by atoms with Gasteiger partial charge in [0, 0.05) is 20.6 Å². The normalized spacial score (nSPS) is 19.4. The van der Waals surface area contributed by atoms with Gasteiger partial charge in [-0.25, -0.2) is 9.79 Å². The first-order valence-electron chi connectivity index (χ1n) is 9.25. The Balaban J connectivity index is 1.90. The summed E-state index contributed by atoms with van der Waals surface area (Å²) in [5.74, 6) is -0.419. The summed E-state index contributed by atoms with van der Waals surface area (Å²) >= 11 is 2.24. The van der Waals surface area contributed by atoms with Gasteiger partial charge in [-0.1, -0.05) is 30.3 Å². The molecule has 3 aromatic rings. The summed E-state index contributed by atoms with van der Waals surface area (Å²) in [5, 5.41) is 10.4. The summed E-state index contributed by atoms with van der Waals surface area (Å²) in [7, 11) is 3.24. The summed E-state index contributed by atoms with van der Waals surface area (Å²) in [6.45, 7) is 0.